The van der Waals surface area contributed by atoms with Gasteiger partial charge in [0.05, 0.1) is 29.3 Å². The smallest absolute Gasteiger partial charge is 0.343 e. The van der Waals surface area contributed by atoms with Crippen molar-refractivity contribution >= 4 is 63.5 Å². The number of methoxy groups -OCH3 is 2. The summed E-state index contributed by atoms with van der Waals surface area (Å²) in [6.07, 6.45) is 1.53. The molecule has 168 valence electrons. The Bertz CT molecular complexity index is 915. The molecule has 0 radical (unpaired) electrons. The van der Waals surface area contributed by atoms with E-state index in [1.165, 1.54) is 20.3 Å². The first kappa shape index (κ1) is 25.0. The van der Waals surface area contributed by atoms with Crippen molar-refractivity contribution in [1.82, 2.24) is 4.90 Å². The van der Waals surface area contributed by atoms with Crippen LogP contribution in [0.2, 0.25) is 0 Å². The Balaban J connectivity index is 2.18. The van der Waals surface area contributed by atoms with Crippen molar-refractivity contribution in [3.8, 4) is 11.5 Å². The maximum Gasteiger partial charge on any atom is 0.343 e. The number of amides is 2. The van der Waals surface area contributed by atoms with E-state index in [4.69, 9.17) is 14.2 Å². The lowest BCUT2D eigenvalue weighted by Gasteiger charge is -2.13. The Morgan fingerprint density at radius 2 is 1.90 bits per heavy atom. The van der Waals surface area contributed by atoms with Crippen molar-refractivity contribution in [2.75, 3.05) is 34.0 Å². The Morgan fingerprint density at radius 3 is 2.52 bits per heavy atom. The molecule has 0 atom stereocenters. The van der Waals surface area contributed by atoms with Gasteiger partial charge in [0.15, 0.2) is 18.1 Å². The van der Waals surface area contributed by atoms with E-state index in [1.54, 1.807) is 12.1 Å². The predicted octanol–water partition coefficient (Wildman–Crippen LogP) is 3.09. The van der Waals surface area contributed by atoms with Crippen LogP contribution in [0.25, 0.3) is 6.08 Å². The molecule has 1 aliphatic heterocycles. The summed E-state index contributed by atoms with van der Waals surface area (Å²) >= 11 is 2.75. The number of imide groups is 1. The van der Waals surface area contributed by atoms with E-state index < -0.39 is 29.6 Å². The third kappa shape index (κ3) is 6.86. The molecular weight excluding hydrogens is 541 g/mol. The number of benzene rings is 1. The average molecular weight is 563 g/mol. The number of ether oxygens (including phenoxy) is 4. The normalized spacial score (nSPS) is 14.9. The summed E-state index contributed by atoms with van der Waals surface area (Å²) in [6.45, 7) is 3.27. The monoisotopic (exact) mass is 563 g/mol. The highest BCUT2D eigenvalue weighted by molar-refractivity contribution is 14.1. The van der Waals surface area contributed by atoms with Crippen molar-refractivity contribution in [1.29, 1.82) is 0 Å². The van der Waals surface area contributed by atoms with E-state index >= 15 is 0 Å². The molecule has 1 fully saturated rings. The lowest BCUT2D eigenvalue weighted by atomic mass is 10.2. The first-order valence-electron chi connectivity index (χ1n) is 9.14. The van der Waals surface area contributed by atoms with Gasteiger partial charge in [-0.2, -0.15) is 0 Å². The Labute approximate surface area is 197 Å². The summed E-state index contributed by atoms with van der Waals surface area (Å²) in [6, 6.07) is 3.32. The molecule has 0 aliphatic carbocycles. The molecule has 31 heavy (non-hydrogen) atoms. The average Bonchev–Trinajstić information content (AvgIpc) is 2.98. The van der Waals surface area contributed by atoms with Crippen LogP contribution < -0.4 is 9.47 Å². The van der Waals surface area contributed by atoms with Gasteiger partial charge in [0, 0.05) is 0 Å². The quantitative estimate of drug-likeness (QED) is 0.255. The molecule has 2 rings (SSSR count). The third-order valence-electron chi connectivity index (χ3n) is 3.85. The number of carbonyl (C=O) groups is 4. The van der Waals surface area contributed by atoms with Gasteiger partial charge in [0.25, 0.3) is 11.1 Å². The molecule has 0 N–H and O–H groups in total. The van der Waals surface area contributed by atoms with Crippen LogP contribution in [0, 0.1) is 9.49 Å². The van der Waals surface area contributed by atoms with Crippen molar-refractivity contribution < 1.29 is 38.1 Å². The fourth-order valence-corrected chi connectivity index (χ4v) is 3.99. The topological polar surface area (TPSA) is 108 Å². The molecule has 1 saturated heterocycles. The minimum Gasteiger partial charge on any atom is -0.493 e. The summed E-state index contributed by atoms with van der Waals surface area (Å²) in [5.41, 5.74) is 0.583. The van der Waals surface area contributed by atoms with Crippen molar-refractivity contribution in [3.63, 3.8) is 0 Å². The standard InChI is InChI=1S/C20H22INO8S/c1-11(2)9-29-16(23)8-22-19(25)15(31-20(22)26)7-12-5-13(21)18(14(6-12)27-3)30-10-17(24)28-4/h5-7,11H,8-10H2,1-4H3/b15-7-. The van der Waals surface area contributed by atoms with Crippen molar-refractivity contribution in [3.05, 3.63) is 26.2 Å². The highest BCUT2D eigenvalue weighted by atomic mass is 127. The summed E-state index contributed by atoms with van der Waals surface area (Å²) < 4.78 is 21.0. The maximum absolute atomic E-state index is 12.6. The van der Waals surface area contributed by atoms with E-state index in [1.807, 2.05) is 36.4 Å². The number of halogens is 1. The molecule has 11 heteroatoms. The first-order chi connectivity index (χ1) is 14.7. The number of esters is 2. The number of thioether (sulfide) groups is 1. The molecule has 2 amide bonds. The number of nitrogens with zero attached hydrogens (tertiary/aromatic N) is 1. The second-order valence-electron chi connectivity index (χ2n) is 6.74. The van der Waals surface area contributed by atoms with Gasteiger partial charge in [-0.3, -0.25) is 19.3 Å². The molecule has 1 aromatic carbocycles. The minimum atomic E-state index is -0.638. The fourth-order valence-electron chi connectivity index (χ4n) is 2.38. The summed E-state index contributed by atoms with van der Waals surface area (Å²) in [5, 5.41) is -0.544. The third-order valence-corrected chi connectivity index (χ3v) is 5.56. The predicted molar refractivity (Wildman–Crippen MR) is 122 cm³/mol. The maximum atomic E-state index is 12.6. The number of hydrogen-bond donors (Lipinski definition) is 0. The van der Waals surface area contributed by atoms with Gasteiger partial charge >= 0.3 is 11.9 Å². The minimum absolute atomic E-state index is 0.149. The molecule has 0 unspecified atom stereocenters. The van der Waals surface area contributed by atoms with E-state index in [2.05, 4.69) is 4.74 Å². The molecule has 0 spiro atoms. The second-order valence-corrected chi connectivity index (χ2v) is 8.90. The van der Waals surface area contributed by atoms with Crippen LogP contribution in [0.15, 0.2) is 17.0 Å². The highest BCUT2D eigenvalue weighted by Gasteiger charge is 2.36. The lowest BCUT2D eigenvalue weighted by molar-refractivity contribution is -0.147. The molecule has 1 aliphatic rings. The van der Waals surface area contributed by atoms with Gasteiger partial charge in [0.2, 0.25) is 0 Å². The molecule has 9 nitrogen and oxygen atoms in total. The number of carbonyl (C=O) groups excluding carboxylic acids is 4. The van der Waals surface area contributed by atoms with E-state index in [-0.39, 0.29) is 24.0 Å². The van der Waals surface area contributed by atoms with Gasteiger partial charge in [-0.25, -0.2) is 4.79 Å². The van der Waals surface area contributed by atoms with E-state index in [9.17, 15) is 19.2 Å². The zero-order valence-electron chi connectivity index (χ0n) is 17.4. The SMILES string of the molecule is COC(=O)COc1c(I)cc(/C=C2\SC(=O)N(CC(=O)OCC(C)C)C2=O)cc1OC. The summed E-state index contributed by atoms with van der Waals surface area (Å²) in [4.78, 5) is 49.1. The zero-order chi connectivity index (χ0) is 23.1. The summed E-state index contributed by atoms with van der Waals surface area (Å²) in [7, 11) is 2.70. The second kappa shape index (κ2) is 11.4. The van der Waals surface area contributed by atoms with Crippen LogP contribution in [0.4, 0.5) is 4.79 Å². The van der Waals surface area contributed by atoms with E-state index in [0.29, 0.717) is 20.6 Å². The Hall–Kier alpha value is -2.28. The molecular formula is C20H22INO8S. The zero-order valence-corrected chi connectivity index (χ0v) is 20.4. The van der Waals surface area contributed by atoms with Gasteiger partial charge < -0.3 is 18.9 Å². The van der Waals surface area contributed by atoms with Crippen molar-refractivity contribution in [2.24, 2.45) is 5.92 Å². The number of rotatable bonds is 9. The molecule has 0 saturated carbocycles. The van der Waals surface area contributed by atoms with Crippen molar-refractivity contribution in [2.45, 2.75) is 13.8 Å². The van der Waals surface area contributed by atoms with E-state index in [0.717, 1.165) is 16.7 Å². The van der Waals surface area contributed by atoms with Crippen LogP contribution in [-0.2, 0) is 23.9 Å². The Morgan fingerprint density at radius 1 is 1.19 bits per heavy atom. The van der Waals surface area contributed by atoms with Gasteiger partial charge in [-0.15, -0.1) is 0 Å². The Kier molecular flexibility index (Phi) is 9.16. The summed E-state index contributed by atoms with van der Waals surface area (Å²) in [5.74, 6) is -0.902. The van der Waals surface area contributed by atoms with Gasteiger partial charge in [0.1, 0.15) is 6.54 Å². The fraction of sp³-hybridized carbons (Fsp3) is 0.400. The molecule has 0 aromatic heterocycles. The first-order valence-corrected chi connectivity index (χ1v) is 11.0. The molecule has 0 bridgehead atoms. The molecule has 1 aromatic rings. The molecule has 1 heterocycles. The van der Waals surface area contributed by atoms with Crippen LogP contribution in [-0.4, -0.2) is 62.0 Å². The highest BCUT2D eigenvalue weighted by Crippen LogP contribution is 2.37. The van der Waals surface area contributed by atoms with Crippen LogP contribution in [0.5, 0.6) is 11.5 Å². The van der Waals surface area contributed by atoms with Crippen LogP contribution >= 0.6 is 34.4 Å². The van der Waals surface area contributed by atoms with Crippen LogP contribution in [0.3, 0.4) is 0 Å². The van der Waals surface area contributed by atoms with Crippen LogP contribution in [0.1, 0.15) is 19.4 Å². The largest absolute Gasteiger partial charge is 0.493 e. The van der Waals surface area contributed by atoms with Gasteiger partial charge in [-0.1, -0.05) is 13.8 Å². The number of hydrogen-bond acceptors (Lipinski definition) is 9. The van der Waals surface area contributed by atoms with Gasteiger partial charge in [-0.05, 0) is 64.0 Å². The lowest BCUT2D eigenvalue weighted by Crippen LogP contribution is -2.34.